The van der Waals surface area contributed by atoms with Crippen molar-refractivity contribution in [2.75, 3.05) is 38.1 Å². The van der Waals surface area contributed by atoms with Crippen LogP contribution < -0.4 is 4.90 Å². The predicted molar refractivity (Wildman–Crippen MR) is 93.6 cm³/mol. The Kier molecular flexibility index (Phi) is 5.11. The molecule has 1 aliphatic heterocycles. The van der Waals surface area contributed by atoms with Crippen LogP contribution in [0.15, 0.2) is 24.4 Å². The summed E-state index contributed by atoms with van der Waals surface area (Å²) >= 11 is 0. The second kappa shape index (κ2) is 7.27. The molecule has 2 atom stereocenters. The molecule has 0 amide bonds. The molecular weight excluding hydrogens is 304 g/mol. The van der Waals surface area contributed by atoms with Crippen LogP contribution in [0.25, 0.3) is 5.82 Å². The van der Waals surface area contributed by atoms with Crippen LogP contribution in [-0.4, -0.2) is 70.3 Å². The first-order chi connectivity index (χ1) is 11.5. The first-order valence-electron chi connectivity index (χ1n) is 8.46. The third-order valence-corrected chi connectivity index (χ3v) is 4.23. The lowest BCUT2D eigenvalue weighted by atomic mass is 10.2. The summed E-state index contributed by atoms with van der Waals surface area (Å²) in [4.78, 5) is 4.58. The number of aryl methyl sites for hydroxylation is 1. The monoisotopic (exact) mass is 330 g/mol. The van der Waals surface area contributed by atoms with Crippen molar-refractivity contribution < 1.29 is 4.74 Å². The third kappa shape index (κ3) is 4.10. The van der Waals surface area contributed by atoms with E-state index in [-0.39, 0.29) is 0 Å². The highest BCUT2D eigenvalue weighted by Gasteiger charge is 2.22. The van der Waals surface area contributed by atoms with Crippen LogP contribution in [-0.2, 0) is 4.74 Å². The molecule has 0 aromatic carbocycles. The summed E-state index contributed by atoms with van der Waals surface area (Å²) in [6.07, 6.45) is 2.50. The Hall–Kier alpha value is -1.99. The number of morpholine rings is 1. The van der Waals surface area contributed by atoms with Crippen molar-refractivity contribution in [1.82, 2.24) is 24.9 Å². The van der Waals surface area contributed by atoms with Crippen molar-refractivity contribution in [2.24, 2.45) is 0 Å². The largest absolute Gasteiger partial charge is 0.373 e. The normalized spacial score (nSPS) is 21.8. The lowest BCUT2D eigenvalue weighted by Gasteiger charge is -2.36. The molecule has 0 unspecified atom stereocenters. The number of likely N-dealkylation sites (N-methyl/N-ethyl adjacent to an activating group) is 1. The smallest absolute Gasteiger partial charge is 0.175 e. The van der Waals surface area contributed by atoms with Crippen molar-refractivity contribution in [3.05, 3.63) is 30.1 Å². The number of rotatable bonds is 5. The van der Waals surface area contributed by atoms with E-state index in [1.54, 1.807) is 4.68 Å². The molecule has 7 nitrogen and oxygen atoms in total. The second-order valence-electron chi connectivity index (χ2n) is 6.59. The van der Waals surface area contributed by atoms with Gasteiger partial charge in [0, 0.05) is 39.4 Å². The molecule has 1 saturated heterocycles. The van der Waals surface area contributed by atoms with E-state index in [2.05, 4.69) is 46.0 Å². The Bertz CT molecular complexity index is 645. The molecule has 0 N–H and O–H groups in total. The maximum atomic E-state index is 5.78. The lowest BCUT2D eigenvalue weighted by molar-refractivity contribution is -0.0670. The fraction of sp³-hybridized carbons (Fsp3) is 0.588. The molecule has 1 aliphatic rings. The van der Waals surface area contributed by atoms with Crippen molar-refractivity contribution in [3.63, 3.8) is 0 Å². The molecule has 130 valence electrons. The molecular formula is C17H26N6O. The highest BCUT2D eigenvalue weighted by molar-refractivity contribution is 5.38. The van der Waals surface area contributed by atoms with Gasteiger partial charge in [-0.1, -0.05) is 0 Å². The van der Waals surface area contributed by atoms with Gasteiger partial charge in [0.15, 0.2) is 11.6 Å². The molecule has 3 rings (SSSR count). The fourth-order valence-electron chi connectivity index (χ4n) is 3.06. The minimum absolute atomic E-state index is 0.302. The lowest BCUT2D eigenvalue weighted by Crippen LogP contribution is -2.47. The van der Waals surface area contributed by atoms with E-state index in [9.17, 15) is 0 Å². The molecule has 0 bridgehead atoms. The summed E-state index contributed by atoms with van der Waals surface area (Å²) in [5, 5.41) is 13.0. The zero-order chi connectivity index (χ0) is 17.1. The Morgan fingerprint density at radius 3 is 2.50 bits per heavy atom. The van der Waals surface area contributed by atoms with Crippen molar-refractivity contribution >= 4 is 5.82 Å². The van der Waals surface area contributed by atoms with Gasteiger partial charge in [0.1, 0.15) is 0 Å². The average molecular weight is 330 g/mol. The average Bonchev–Trinajstić information content (AvgIpc) is 2.98. The van der Waals surface area contributed by atoms with Gasteiger partial charge in [-0.05, 0) is 39.0 Å². The fourth-order valence-corrected chi connectivity index (χ4v) is 3.06. The summed E-state index contributed by atoms with van der Waals surface area (Å²) in [6, 6.07) is 5.89. The molecule has 0 aliphatic carbocycles. The van der Waals surface area contributed by atoms with Gasteiger partial charge in [-0.3, -0.25) is 4.90 Å². The molecule has 24 heavy (non-hydrogen) atoms. The van der Waals surface area contributed by atoms with Crippen LogP contribution >= 0.6 is 0 Å². The van der Waals surface area contributed by atoms with E-state index < -0.39 is 0 Å². The molecule has 0 radical (unpaired) electrons. The van der Waals surface area contributed by atoms with E-state index in [4.69, 9.17) is 4.74 Å². The Labute approximate surface area is 143 Å². The van der Waals surface area contributed by atoms with Gasteiger partial charge in [-0.15, -0.1) is 10.2 Å². The van der Waals surface area contributed by atoms with Gasteiger partial charge in [0.25, 0.3) is 0 Å². The standard InChI is InChI=1S/C17H26N6O/c1-13-7-8-23(20-13)17-6-5-16(18-19-17)21(4)9-10-22-11-14(2)24-15(3)12-22/h5-8,14-15H,9-12H2,1-4H3/t14-,15+. The Morgan fingerprint density at radius 1 is 1.17 bits per heavy atom. The van der Waals surface area contributed by atoms with Crippen LogP contribution in [0, 0.1) is 6.92 Å². The highest BCUT2D eigenvalue weighted by Crippen LogP contribution is 2.13. The minimum Gasteiger partial charge on any atom is -0.373 e. The number of hydrogen-bond acceptors (Lipinski definition) is 6. The number of aromatic nitrogens is 4. The van der Waals surface area contributed by atoms with Crippen LogP contribution in [0.2, 0.25) is 0 Å². The summed E-state index contributed by atoms with van der Waals surface area (Å²) in [5.74, 6) is 1.60. The number of anilines is 1. The van der Waals surface area contributed by atoms with E-state index in [0.29, 0.717) is 12.2 Å². The summed E-state index contributed by atoms with van der Waals surface area (Å²) in [6.45, 7) is 10.1. The number of hydrogen-bond donors (Lipinski definition) is 0. The van der Waals surface area contributed by atoms with Gasteiger partial charge in [0.05, 0.1) is 17.9 Å². The molecule has 1 fully saturated rings. The third-order valence-electron chi connectivity index (χ3n) is 4.23. The van der Waals surface area contributed by atoms with Crippen LogP contribution in [0.1, 0.15) is 19.5 Å². The number of ether oxygens (including phenoxy) is 1. The summed E-state index contributed by atoms with van der Waals surface area (Å²) < 4.78 is 7.52. The van der Waals surface area contributed by atoms with Crippen molar-refractivity contribution in [1.29, 1.82) is 0 Å². The quantitative estimate of drug-likeness (QED) is 0.828. The molecule has 3 heterocycles. The van der Waals surface area contributed by atoms with Crippen molar-refractivity contribution in [3.8, 4) is 5.82 Å². The zero-order valence-corrected chi connectivity index (χ0v) is 14.9. The number of nitrogens with zero attached hydrogens (tertiary/aromatic N) is 6. The van der Waals surface area contributed by atoms with Crippen molar-refractivity contribution in [2.45, 2.75) is 33.0 Å². The summed E-state index contributed by atoms with van der Waals surface area (Å²) in [7, 11) is 2.05. The van der Waals surface area contributed by atoms with E-state index >= 15 is 0 Å². The van der Waals surface area contributed by atoms with Gasteiger partial charge in [0.2, 0.25) is 0 Å². The topological polar surface area (TPSA) is 59.3 Å². The molecule has 2 aromatic rings. The van der Waals surface area contributed by atoms with Gasteiger partial charge >= 0.3 is 0 Å². The minimum atomic E-state index is 0.302. The highest BCUT2D eigenvalue weighted by atomic mass is 16.5. The van der Waals surface area contributed by atoms with Gasteiger partial charge in [-0.2, -0.15) is 5.10 Å². The van der Waals surface area contributed by atoms with Crippen LogP contribution in [0.4, 0.5) is 5.82 Å². The Morgan fingerprint density at radius 2 is 1.92 bits per heavy atom. The van der Waals surface area contributed by atoms with E-state index in [1.165, 1.54) is 0 Å². The van der Waals surface area contributed by atoms with E-state index in [1.807, 2.05) is 31.3 Å². The maximum Gasteiger partial charge on any atom is 0.175 e. The van der Waals surface area contributed by atoms with Crippen LogP contribution in [0.5, 0.6) is 0 Å². The van der Waals surface area contributed by atoms with Gasteiger partial charge in [-0.25, -0.2) is 4.68 Å². The SMILES string of the molecule is Cc1ccn(-c2ccc(N(C)CCN3C[C@@H](C)O[C@@H](C)C3)nn2)n1. The molecule has 0 spiro atoms. The molecule has 7 heteroatoms. The van der Waals surface area contributed by atoms with Crippen LogP contribution in [0.3, 0.4) is 0 Å². The second-order valence-corrected chi connectivity index (χ2v) is 6.59. The predicted octanol–water partition coefficient (Wildman–Crippen LogP) is 1.52. The first kappa shape index (κ1) is 16.9. The molecule has 0 saturated carbocycles. The Balaban J connectivity index is 1.56. The maximum absolute atomic E-state index is 5.78. The molecule has 2 aromatic heterocycles. The summed E-state index contributed by atoms with van der Waals surface area (Å²) in [5.41, 5.74) is 0.965. The van der Waals surface area contributed by atoms with Gasteiger partial charge < -0.3 is 9.64 Å². The first-order valence-corrected chi connectivity index (χ1v) is 8.46. The van der Waals surface area contributed by atoms with E-state index in [0.717, 1.165) is 43.5 Å². The zero-order valence-electron chi connectivity index (χ0n) is 14.9.